The number of halogens is 1. The second-order valence-corrected chi connectivity index (χ2v) is 4.41. The maximum Gasteiger partial charge on any atom is 0.174 e. The predicted octanol–water partition coefficient (Wildman–Crippen LogP) is 3.73. The first-order valence-corrected chi connectivity index (χ1v) is 6.08. The van der Waals surface area contributed by atoms with Gasteiger partial charge in [0, 0.05) is 11.6 Å². The van der Waals surface area contributed by atoms with Crippen molar-refractivity contribution in [2.24, 2.45) is 0 Å². The van der Waals surface area contributed by atoms with Crippen LogP contribution in [0.1, 0.15) is 0 Å². The maximum atomic E-state index is 9.66. The van der Waals surface area contributed by atoms with Crippen LogP contribution in [-0.2, 0) is 0 Å². The van der Waals surface area contributed by atoms with Gasteiger partial charge in [0.1, 0.15) is 5.82 Å². The van der Waals surface area contributed by atoms with Gasteiger partial charge >= 0.3 is 0 Å². The number of pyridine rings is 2. The topological polar surface area (TPSA) is 58.0 Å². The van der Waals surface area contributed by atoms with Crippen molar-refractivity contribution in [3.05, 3.63) is 53.7 Å². The Labute approximate surface area is 114 Å². The van der Waals surface area contributed by atoms with Gasteiger partial charge in [0.15, 0.2) is 11.6 Å². The average Bonchev–Trinajstić information content (AvgIpc) is 2.42. The molecule has 0 atom stereocenters. The third-order valence-corrected chi connectivity index (χ3v) is 3.01. The normalized spacial score (nSPS) is 10.6. The maximum absolute atomic E-state index is 9.66. The van der Waals surface area contributed by atoms with Crippen LogP contribution in [0.25, 0.3) is 10.9 Å². The molecule has 0 saturated carbocycles. The summed E-state index contributed by atoms with van der Waals surface area (Å²) in [7, 11) is 0. The van der Waals surface area contributed by atoms with Gasteiger partial charge in [0.05, 0.1) is 10.5 Å². The number of benzene rings is 1. The zero-order valence-corrected chi connectivity index (χ0v) is 10.6. The molecular formula is C14H10ClN3O. The molecule has 2 heterocycles. The first kappa shape index (κ1) is 11.7. The number of rotatable bonds is 2. The highest BCUT2D eigenvalue weighted by Gasteiger charge is 2.05. The second kappa shape index (κ2) is 4.74. The number of hydrogen-bond donors (Lipinski definition) is 2. The zero-order valence-electron chi connectivity index (χ0n) is 9.84. The molecule has 0 saturated heterocycles. The molecule has 0 aliphatic rings. The highest BCUT2D eigenvalue weighted by molar-refractivity contribution is 6.35. The minimum Gasteiger partial charge on any atom is -0.504 e. The lowest BCUT2D eigenvalue weighted by atomic mass is 10.2. The zero-order chi connectivity index (χ0) is 13.2. The molecule has 3 rings (SSSR count). The monoisotopic (exact) mass is 271 g/mol. The van der Waals surface area contributed by atoms with E-state index in [9.17, 15) is 5.11 Å². The minimum absolute atomic E-state index is 0.0727. The standard InChI is InChI=1S/C14H10ClN3O/c15-10-4-1-3-9-6-7-12(17-13(9)10)18-14-11(19)5-2-8-16-14/h1-8,19H,(H,16,17,18). The fraction of sp³-hybridized carbons (Fsp3) is 0. The van der Waals surface area contributed by atoms with E-state index >= 15 is 0 Å². The first-order valence-electron chi connectivity index (χ1n) is 5.70. The Kier molecular flexibility index (Phi) is 2.93. The Morgan fingerprint density at radius 3 is 2.79 bits per heavy atom. The molecular weight excluding hydrogens is 262 g/mol. The Bertz CT molecular complexity index is 746. The lowest BCUT2D eigenvalue weighted by molar-refractivity contribution is 0.475. The van der Waals surface area contributed by atoms with Crippen molar-refractivity contribution >= 4 is 34.1 Å². The number of nitrogens with one attached hydrogen (secondary N) is 1. The van der Waals surface area contributed by atoms with E-state index in [4.69, 9.17) is 11.6 Å². The SMILES string of the molecule is Oc1cccnc1Nc1ccc2cccc(Cl)c2n1. The third kappa shape index (κ3) is 2.30. The van der Waals surface area contributed by atoms with E-state index in [0.29, 0.717) is 22.2 Å². The summed E-state index contributed by atoms with van der Waals surface area (Å²) in [5.41, 5.74) is 0.713. The molecule has 5 heteroatoms. The van der Waals surface area contributed by atoms with Gasteiger partial charge in [-0.1, -0.05) is 23.7 Å². The third-order valence-electron chi connectivity index (χ3n) is 2.70. The second-order valence-electron chi connectivity index (χ2n) is 4.00. The molecule has 0 bridgehead atoms. The molecule has 19 heavy (non-hydrogen) atoms. The van der Waals surface area contributed by atoms with E-state index < -0.39 is 0 Å². The van der Waals surface area contributed by atoms with E-state index in [1.807, 2.05) is 24.3 Å². The van der Waals surface area contributed by atoms with Crippen LogP contribution in [0, 0.1) is 0 Å². The number of aromatic nitrogens is 2. The summed E-state index contributed by atoms with van der Waals surface area (Å²) < 4.78 is 0. The van der Waals surface area contributed by atoms with Gasteiger partial charge in [0.2, 0.25) is 0 Å². The van der Waals surface area contributed by atoms with Crippen molar-refractivity contribution in [1.82, 2.24) is 9.97 Å². The summed E-state index contributed by atoms with van der Waals surface area (Å²) in [4.78, 5) is 8.46. The number of aromatic hydroxyl groups is 1. The molecule has 0 spiro atoms. The summed E-state index contributed by atoms with van der Waals surface area (Å²) in [5.74, 6) is 1.01. The lowest BCUT2D eigenvalue weighted by Gasteiger charge is -2.07. The van der Waals surface area contributed by atoms with Gasteiger partial charge in [-0.2, -0.15) is 0 Å². The summed E-state index contributed by atoms with van der Waals surface area (Å²) >= 11 is 6.11. The predicted molar refractivity (Wildman–Crippen MR) is 75.9 cm³/mol. The highest BCUT2D eigenvalue weighted by atomic mass is 35.5. The summed E-state index contributed by atoms with van der Waals surface area (Å²) in [6, 6.07) is 12.6. The van der Waals surface area contributed by atoms with Crippen molar-refractivity contribution in [3.63, 3.8) is 0 Å². The summed E-state index contributed by atoms with van der Waals surface area (Å²) in [6.45, 7) is 0. The lowest BCUT2D eigenvalue weighted by Crippen LogP contribution is -1.96. The number of anilines is 2. The van der Waals surface area contributed by atoms with Crippen molar-refractivity contribution in [2.75, 3.05) is 5.32 Å². The van der Waals surface area contributed by atoms with E-state index in [2.05, 4.69) is 15.3 Å². The number of nitrogens with zero attached hydrogens (tertiary/aromatic N) is 2. The van der Waals surface area contributed by atoms with E-state index in [-0.39, 0.29) is 5.75 Å². The van der Waals surface area contributed by atoms with Crippen LogP contribution in [-0.4, -0.2) is 15.1 Å². The van der Waals surface area contributed by atoms with Crippen LogP contribution in [0.2, 0.25) is 5.02 Å². The molecule has 4 nitrogen and oxygen atoms in total. The molecule has 94 valence electrons. The van der Waals surface area contributed by atoms with Crippen LogP contribution in [0.4, 0.5) is 11.6 Å². The summed E-state index contributed by atoms with van der Waals surface area (Å²) in [6.07, 6.45) is 1.59. The Morgan fingerprint density at radius 2 is 1.95 bits per heavy atom. The van der Waals surface area contributed by atoms with Crippen LogP contribution in [0.3, 0.4) is 0 Å². The Hall–Kier alpha value is -2.33. The van der Waals surface area contributed by atoms with E-state index in [1.165, 1.54) is 0 Å². The number of para-hydroxylation sites is 1. The van der Waals surface area contributed by atoms with Crippen molar-refractivity contribution in [2.45, 2.75) is 0 Å². The van der Waals surface area contributed by atoms with E-state index in [0.717, 1.165) is 5.39 Å². The molecule has 0 amide bonds. The van der Waals surface area contributed by atoms with Crippen LogP contribution < -0.4 is 5.32 Å². The molecule has 2 N–H and O–H groups in total. The van der Waals surface area contributed by atoms with Gasteiger partial charge in [0.25, 0.3) is 0 Å². The molecule has 1 aromatic carbocycles. The molecule has 0 fully saturated rings. The van der Waals surface area contributed by atoms with Crippen LogP contribution >= 0.6 is 11.6 Å². The molecule has 0 aliphatic carbocycles. The Balaban J connectivity index is 2.02. The number of fused-ring (bicyclic) bond motifs is 1. The molecule has 0 radical (unpaired) electrons. The van der Waals surface area contributed by atoms with Gasteiger partial charge in [-0.25, -0.2) is 9.97 Å². The largest absolute Gasteiger partial charge is 0.504 e. The Morgan fingerprint density at radius 1 is 1.05 bits per heavy atom. The van der Waals surface area contributed by atoms with Crippen molar-refractivity contribution in [3.8, 4) is 5.75 Å². The number of hydrogen-bond acceptors (Lipinski definition) is 4. The van der Waals surface area contributed by atoms with Gasteiger partial charge < -0.3 is 10.4 Å². The fourth-order valence-electron chi connectivity index (χ4n) is 1.79. The smallest absolute Gasteiger partial charge is 0.174 e. The van der Waals surface area contributed by atoms with Crippen molar-refractivity contribution < 1.29 is 5.11 Å². The fourth-order valence-corrected chi connectivity index (χ4v) is 2.02. The van der Waals surface area contributed by atoms with Gasteiger partial charge in [-0.05, 0) is 30.3 Å². The summed E-state index contributed by atoms with van der Waals surface area (Å²) in [5, 5.41) is 14.2. The first-order chi connectivity index (χ1) is 9.24. The van der Waals surface area contributed by atoms with Crippen molar-refractivity contribution in [1.29, 1.82) is 0 Å². The van der Waals surface area contributed by atoms with Gasteiger partial charge in [-0.3, -0.25) is 0 Å². The molecule has 2 aromatic heterocycles. The molecule has 3 aromatic rings. The van der Waals surface area contributed by atoms with E-state index in [1.54, 1.807) is 24.4 Å². The average molecular weight is 272 g/mol. The molecule has 0 aliphatic heterocycles. The van der Waals surface area contributed by atoms with Gasteiger partial charge in [-0.15, -0.1) is 0 Å². The molecule has 0 unspecified atom stereocenters. The minimum atomic E-state index is 0.0727. The van der Waals surface area contributed by atoms with Crippen LogP contribution in [0.15, 0.2) is 48.7 Å². The van der Waals surface area contributed by atoms with Crippen LogP contribution in [0.5, 0.6) is 5.75 Å². The quantitative estimate of drug-likeness (QED) is 0.746. The highest BCUT2D eigenvalue weighted by Crippen LogP contribution is 2.26.